The summed E-state index contributed by atoms with van der Waals surface area (Å²) in [6, 6.07) is 6.47. The number of furan rings is 1. The van der Waals surface area contributed by atoms with E-state index in [1.165, 1.54) is 14.2 Å². The molecule has 2 heterocycles. The van der Waals surface area contributed by atoms with Crippen molar-refractivity contribution >= 4 is 21.9 Å². The zero-order valence-corrected chi connectivity index (χ0v) is 16.2. The maximum Gasteiger partial charge on any atom is 0.229 e. The van der Waals surface area contributed by atoms with E-state index in [9.17, 15) is 25.5 Å². The van der Waals surface area contributed by atoms with Crippen LogP contribution < -0.4 is 14.2 Å². The molecule has 0 spiro atoms. The van der Waals surface area contributed by atoms with Crippen LogP contribution in [-0.2, 0) is 4.74 Å². The Morgan fingerprint density at radius 3 is 2.40 bits per heavy atom. The van der Waals surface area contributed by atoms with Crippen molar-refractivity contribution in [2.45, 2.75) is 30.7 Å². The molecular formula is C20H22O10. The summed E-state index contributed by atoms with van der Waals surface area (Å²) < 4.78 is 27.3. The number of fused-ring (bicyclic) bond motifs is 3. The molecule has 1 aliphatic heterocycles. The van der Waals surface area contributed by atoms with E-state index >= 15 is 0 Å². The highest BCUT2D eigenvalue weighted by molar-refractivity contribution is 6.08. The lowest BCUT2D eigenvalue weighted by Gasteiger charge is -2.39. The van der Waals surface area contributed by atoms with Crippen molar-refractivity contribution in [3.8, 4) is 23.0 Å². The highest BCUT2D eigenvalue weighted by Crippen LogP contribution is 2.46. The average molecular weight is 422 g/mol. The first-order valence-electron chi connectivity index (χ1n) is 9.17. The molecule has 0 saturated carbocycles. The molecule has 1 aromatic heterocycles. The Bertz CT molecular complexity index is 1060. The monoisotopic (exact) mass is 422 g/mol. The van der Waals surface area contributed by atoms with Crippen LogP contribution in [0.25, 0.3) is 21.9 Å². The summed E-state index contributed by atoms with van der Waals surface area (Å²) in [6.07, 6.45) is -6.95. The molecule has 10 heteroatoms. The molecule has 5 unspecified atom stereocenters. The van der Waals surface area contributed by atoms with E-state index in [0.717, 1.165) is 0 Å². The van der Waals surface area contributed by atoms with Gasteiger partial charge in [-0.15, -0.1) is 0 Å². The number of hydrogen-bond acceptors (Lipinski definition) is 10. The van der Waals surface area contributed by atoms with Crippen molar-refractivity contribution in [1.29, 1.82) is 0 Å². The molecule has 0 amide bonds. The SMILES string of the molecule is COc1cc2c(oc3cc(OC4OC(CO)C(O)C(O)C4O)ccc32)c(OC)c1O. The second kappa shape index (κ2) is 7.82. The Kier molecular flexibility index (Phi) is 5.35. The summed E-state index contributed by atoms with van der Waals surface area (Å²) >= 11 is 0. The predicted molar refractivity (Wildman–Crippen MR) is 103 cm³/mol. The lowest BCUT2D eigenvalue weighted by Crippen LogP contribution is -2.60. The van der Waals surface area contributed by atoms with Crippen LogP contribution in [0, 0.1) is 0 Å². The summed E-state index contributed by atoms with van der Waals surface area (Å²) in [5.74, 6) is 0.408. The van der Waals surface area contributed by atoms with E-state index in [1.54, 1.807) is 24.3 Å². The summed E-state index contributed by atoms with van der Waals surface area (Å²) in [7, 11) is 2.82. The van der Waals surface area contributed by atoms with Gasteiger partial charge in [0.2, 0.25) is 17.8 Å². The molecule has 5 atom stereocenters. The number of aromatic hydroxyl groups is 1. The van der Waals surface area contributed by atoms with Crippen LogP contribution in [0.2, 0.25) is 0 Å². The zero-order chi connectivity index (χ0) is 21.6. The van der Waals surface area contributed by atoms with E-state index in [4.69, 9.17) is 23.4 Å². The second-order valence-electron chi connectivity index (χ2n) is 6.91. The Hall–Kier alpha value is -2.76. The Morgan fingerprint density at radius 1 is 0.967 bits per heavy atom. The molecule has 30 heavy (non-hydrogen) atoms. The van der Waals surface area contributed by atoms with Gasteiger partial charge in [-0.2, -0.15) is 0 Å². The molecule has 0 aliphatic carbocycles. The molecule has 1 fully saturated rings. The number of phenols is 1. The third-order valence-corrected chi connectivity index (χ3v) is 5.15. The summed E-state index contributed by atoms with van der Waals surface area (Å²) in [5, 5.41) is 50.8. The minimum atomic E-state index is -1.55. The van der Waals surface area contributed by atoms with Crippen molar-refractivity contribution < 1.29 is 48.9 Å². The standard InChI is InChI=1S/C20H22O10/c1-26-12-6-10-9-4-3-8(5-11(9)29-18(10)19(27-2)15(12)23)28-20-17(25)16(24)14(22)13(7-21)30-20/h3-6,13-14,16-17,20-25H,7H2,1-2H3. The minimum absolute atomic E-state index is 0.122. The Labute approximate surface area is 170 Å². The lowest BCUT2D eigenvalue weighted by molar-refractivity contribution is -0.277. The summed E-state index contributed by atoms with van der Waals surface area (Å²) in [4.78, 5) is 0. The molecule has 2 aromatic carbocycles. The number of methoxy groups -OCH3 is 2. The first kappa shape index (κ1) is 20.5. The van der Waals surface area contributed by atoms with Gasteiger partial charge in [0.1, 0.15) is 35.7 Å². The van der Waals surface area contributed by atoms with E-state index in [0.29, 0.717) is 21.9 Å². The molecule has 1 aliphatic rings. The van der Waals surface area contributed by atoms with Gasteiger partial charge in [-0.3, -0.25) is 0 Å². The fraction of sp³-hybridized carbons (Fsp3) is 0.400. The molecular weight excluding hydrogens is 400 g/mol. The molecule has 3 aromatic rings. The van der Waals surface area contributed by atoms with E-state index < -0.39 is 37.3 Å². The van der Waals surface area contributed by atoms with Gasteiger partial charge in [0.15, 0.2) is 11.3 Å². The van der Waals surface area contributed by atoms with Gasteiger partial charge in [-0.05, 0) is 18.2 Å². The van der Waals surface area contributed by atoms with Crippen LogP contribution >= 0.6 is 0 Å². The highest BCUT2D eigenvalue weighted by atomic mass is 16.7. The largest absolute Gasteiger partial charge is 0.502 e. The molecule has 162 valence electrons. The maximum absolute atomic E-state index is 10.3. The van der Waals surface area contributed by atoms with Crippen molar-refractivity contribution in [3.63, 3.8) is 0 Å². The number of ether oxygens (including phenoxy) is 4. The number of hydrogen-bond donors (Lipinski definition) is 5. The summed E-state index contributed by atoms with van der Waals surface area (Å²) in [5.41, 5.74) is 0.717. The number of aliphatic hydroxyl groups excluding tert-OH is 4. The molecule has 5 N–H and O–H groups in total. The Morgan fingerprint density at radius 2 is 1.73 bits per heavy atom. The van der Waals surface area contributed by atoms with Crippen molar-refractivity contribution in [2.75, 3.05) is 20.8 Å². The van der Waals surface area contributed by atoms with Gasteiger partial charge in [-0.25, -0.2) is 0 Å². The van der Waals surface area contributed by atoms with Crippen molar-refractivity contribution in [2.24, 2.45) is 0 Å². The van der Waals surface area contributed by atoms with Crippen LogP contribution in [0.15, 0.2) is 28.7 Å². The van der Waals surface area contributed by atoms with Gasteiger partial charge in [0.05, 0.1) is 20.8 Å². The molecule has 10 nitrogen and oxygen atoms in total. The van der Waals surface area contributed by atoms with Crippen molar-refractivity contribution in [1.82, 2.24) is 0 Å². The third-order valence-electron chi connectivity index (χ3n) is 5.15. The van der Waals surface area contributed by atoms with Crippen LogP contribution in [0.3, 0.4) is 0 Å². The fourth-order valence-electron chi connectivity index (χ4n) is 3.54. The third kappa shape index (κ3) is 3.18. The van der Waals surface area contributed by atoms with Gasteiger partial charge in [-0.1, -0.05) is 0 Å². The highest BCUT2D eigenvalue weighted by Gasteiger charge is 2.44. The first-order chi connectivity index (χ1) is 14.4. The van der Waals surface area contributed by atoms with Gasteiger partial charge in [0.25, 0.3) is 0 Å². The number of aliphatic hydroxyl groups is 4. The fourth-order valence-corrected chi connectivity index (χ4v) is 3.54. The number of phenolic OH excluding ortho intramolecular Hbond substituents is 1. The smallest absolute Gasteiger partial charge is 0.229 e. The van der Waals surface area contributed by atoms with Crippen molar-refractivity contribution in [3.05, 3.63) is 24.3 Å². The normalized spacial score (nSPS) is 26.8. The predicted octanol–water partition coefficient (Wildman–Crippen LogP) is 0.487. The van der Waals surface area contributed by atoms with Gasteiger partial charge < -0.3 is 48.9 Å². The lowest BCUT2D eigenvalue weighted by atomic mass is 9.99. The maximum atomic E-state index is 10.3. The van der Waals surface area contributed by atoms with E-state index in [2.05, 4.69) is 0 Å². The van der Waals surface area contributed by atoms with Crippen LogP contribution in [0.5, 0.6) is 23.0 Å². The molecule has 0 bridgehead atoms. The topological polar surface area (TPSA) is 151 Å². The molecule has 0 radical (unpaired) electrons. The average Bonchev–Trinajstić information content (AvgIpc) is 3.10. The second-order valence-corrected chi connectivity index (χ2v) is 6.91. The molecule has 1 saturated heterocycles. The molecule has 4 rings (SSSR count). The van der Waals surface area contributed by atoms with Crippen LogP contribution in [-0.4, -0.2) is 77.1 Å². The van der Waals surface area contributed by atoms with Crippen LogP contribution in [0.1, 0.15) is 0 Å². The number of benzene rings is 2. The van der Waals surface area contributed by atoms with E-state index in [-0.39, 0.29) is 23.0 Å². The Balaban J connectivity index is 1.71. The minimum Gasteiger partial charge on any atom is -0.502 e. The van der Waals surface area contributed by atoms with Gasteiger partial charge >= 0.3 is 0 Å². The quantitative estimate of drug-likeness (QED) is 0.393. The zero-order valence-electron chi connectivity index (χ0n) is 16.2. The number of rotatable bonds is 5. The first-order valence-corrected chi connectivity index (χ1v) is 9.17. The van der Waals surface area contributed by atoms with Gasteiger partial charge in [0, 0.05) is 16.8 Å². The van der Waals surface area contributed by atoms with E-state index in [1.807, 2.05) is 0 Å². The van der Waals surface area contributed by atoms with Crippen LogP contribution in [0.4, 0.5) is 0 Å². The summed E-state index contributed by atoms with van der Waals surface area (Å²) in [6.45, 7) is -0.557.